The quantitative estimate of drug-likeness (QED) is 0.798. The molecular weight excluding hydrogens is 229 g/mol. The third-order valence-corrected chi connectivity index (χ3v) is 4.43. The Morgan fingerprint density at radius 1 is 1.27 bits per heavy atom. The van der Waals surface area contributed by atoms with Gasteiger partial charge in [0.1, 0.15) is 0 Å². The van der Waals surface area contributed by atoms with Gasteiger partial charge in [-0.2, -0.15) is 0 Å². The molecule has 2 N–H and O–H groups in total. The average Bonchev–Trinajstić information content (AvgIpc) is 2.19. The summed E-state index contributed by atoms with van der Waals surface area (Å²) in [5.41, 5.74) is 7.40. The Balaban J connectivity index is 2.29. The van der Waals surface area contributed by atoms with Gasteiger partial charge in [0.2, 0.25) is 0 Å². The number of hydrogen-bond donors (Lipinski definition) is 1. The van der Waals surface area contributed by atoms with Crippen molar-refractivity contribution in [1.29, 1.82) is 0 Å². The highest BCUT2D eigenvalue weighted by Crippen LogP contribution is 2.51. The van der Waals surface area contributed by atoms with E-state index in [4.69, 9.17) is 28.9 Å². The largest absolute Gasteiger partial charge is 0.327 e. The summed E-state index contributed by atoms with van der Waals surface area (Å²) in [6.07, 6.45) is 1.03. The Bertz CT molecular complexity index is 387. The van der Waals surface area contributed by atoms with Crippen LogP contribution in [0.3, 0.4) is 0 Å². The predicted octanol–water partition coefficient (Wildman–Crippen LogP) is 3.83. The van der Waals surface area contributed by atoms with Crippen molar-refractivity contribution in [1.82, 2.24) is 0 Å². The molecule has 0 radical (unpaired) electrons. The van der Waals surface area contributed by atoms with Gasteiger partial charge in [-0.3, -0.25) is 0 Å². The molecule has 0 bridgehead atoms. The van der Waals surface area contributed by atoms with Gasteiger partial charge in [-0.15, -0.1) is 0 Å². The topological polar surface area (TPSA) is 26.0 Å². The molecule has 0 saturated heterocycles. The van der Waals surface area contributed by atoms with E-state index in [0.29, 0.717) is 16.0 Å². The fraction of sp³-hybridized carbons (Fsp3) is 0.500. The summed E-state index contributed by atoms with van der Waals surface area (Å²) >= 11 is 11.9. The third-order valence-electron chi connectivity index (χ3n) is 3.69. The smallest absolute Gasteiger partial charge is 0.0595 e. The Kier molecular flexibility index (Phi) is 2.74. The van der Waals surface area contributed by atoms with Gasteiger partial charge in [0.25, 0.3) is 0 Å². The summed E-state index contributed by atoms with van der Waals surface area (Å²) in [5, 5.41) is 1.24. The van der Waals surface area contributed by atoms with E-state index < -0.39 is 0 Å². The minimum atomic E-state index is 0.164. The molecule has 15 heavy (non-hydrogen) atoms. The number of rotatable bonds is 1. The number of benzene rings is 1. The first kappa shape index (κ1) is 11.3. The van der Waals surface area contributed by atoms with Crippen LogP contribution in [0.2, 0.25) is 10.0 Å². The van der Waals surface area contributed by atoms with E-state index in [1.165, 1.54) is 5.56 Å². The minimum Gasteiger partial charge on any atom is -0.327 e. The van der Waals surface area contributed by atoms with E-state index in [9.17, 15) is 0 Å². The fourth-order valence-electron chi connectivity index (χ4n) is 2.25. The standard InChI is InChI=1S/C12H15Cl2N/c1-12(2)8(6-11(12)15)7-3-4-9(13)10(14)5-7/h3-5,8,11H,6,15H2,1-2H3. The van der Waals surface area contributed by atoms with Crippen LogP contribution in [0.15, 0.2) is 18.2 Å². The SMILES string of the molecule is CC1(C)C(N)CC1c1ccc(Cl)c(Cl)c1. The molecule has 0 aliphatic heterocycles. The van der Waals surface area contributed by atoms with Gasteiger partial charge < -0.3 is 5.73 Å². The Morgan fingerprint density at radius 2 is 1.93 bits per heavy atom. The van der Waals surface area contributed by atoms with Crippen LogP contribution in [0.4, 0.5) is 0 Å². The zero-order chi connectivity index (χ0) is 11.2. The molecule has 3 heteroatoms. The van der Waals surface area contributed by atoms with E-state index in [0.717, 1.165) is 6.42 Å². The number of nitrogens with two attached hydrogens (primary N) is 1. The van der Waals surface area contributed by atoms with E-state index in [2.05, 4.69) is 13.8 Å². The van der Waals surface area contributed by atoms with Crippen molar-refractivity contribution in [3.05, 3.63) is 33.8 Å². The molecule has 1 fully saturated rings. The van der Waals surface area contributed by atoms with Crippen molar-refractivity contribution in [3.63, 3.8) is 0 Å². The van der Waals surface area contributed by atoms with Crippen molar-refractivity contribution < 1.29 is 0 Å². The third kappa shape index (κ3) is 1.77. The maximum Gasteiger partial charge on any atom is 0.0595 e. The molecule has 0 heterocycles. The van der Waals surface area contributed by atoms with E-state index >= 15 is 0 Å². The Hall–Kier alpha value is -0.240. The van der Waals surface area contributed by atoms with Crippen LogP contribution in [0.5, 0.6) is 0 Å². The summed E-state index contributed by atoms with van der Waals surface area (Å²) in [6.45, 7) is 4.41. The average molecular weight is 244 g/mol. The monoisotopic (exact) mass is 243 g/mol. The van der Waals surface area contributed by atoms with Crippen molar-refractivity contribution in [2.24, 2.45) is 11.1 Å². The predicted molar refractivity (Wildman–Crippen MR) is 65.6 cm³/mol. The summed E-state index contributed by atoms with van der Waals surface area (Å²) in [6, 6.07) is 6.16. The van der Waals surface area contributed by atoms with Gasteiger partial charge in [0.15, 0.2) is 0 Å². The van der Waals surface area contributed by atoms with Gasteiger partial charge in [0, 0.05) is 6.04 Å². The molecule has 1 aliphatic carbocycles. The first-order valence-corrected chi connectivity index (χ1v) is 5.89. The first-order valence-electron chi connectivity index (χ1n) is 5.13. The van der Waals surface area contributed by atoms with Crippen molar-refractivity contribution >= 4 is 23.2 Å². The van der Waals surface area contributed by atoms with E-state index in [1.807, 2.05) is 18.2 Å². The normalized spacial score (nSPS) is 28.6. The second-order valence-corrected chi connectivity index (χ2v) is 5.70. The molecule has 1 aromatic rings. The molecule has 1 aromatic carbocycles. The highest BCUT2D eigenvalue weighted by Gasteiger charge is 2.46. The maximum atomic E-state index is 6.01. The second kappa shape index (κ2) is 3.65. The minimum absolute atomic E-state index is 0.164. The second-order valence-electron chi connectivity index (χ2n) is 4.89. The summed E-state index contributed by atoms with van der Waals surface area (Å²) in [5.74, 6) is 0.502. The molecular formula is C12H15Cl2N. The van der Waals surface area contributed by atoms with Gasteiger partial charge in [-0.05, 0) is 35.4 Å². The maximum absolute atomic E-state index is 6.01. The molecule has 0 spiro atoms. The van der Waals surface area contributed by atoms with Crippen LogP contribution in [-0.2, 0) is 0 Å². The van der Waals surface area contributed by atoms with Crippen LogP contribution in [-0.4, -0.2) is 6.04 Å². The molecule has 2 atom stereocenters. The number of halogens is 2. The molecule has 2 rings (SSSR count). The molecule has 1 saturated carbocycles. The lowest BCUT2D eigenvalue weighted by molar-refractivity contribution is 0.0984. The first-order chi connectivity index (χ1) is 6.93. The van der Waals surface area contributed by atoms with Crippen LogP contribution in [0, 0.1) is 5.41 Å². The number of hydrogen-bond acceptors (Lipinski definition) is 1. The zero-order valence-corrected chi connectivity index (χ0v) is 10.4. The molecule has 1 aliphatic rings. The lowest BCUT2D eigenvalue weighted by Crippen LogP contribution is -2.52. The Morgan fingerprint density at radius 3 is 2.40 bits per heavy atom. The lowest BCUT2D eigenvalue weighted by atomic mass is 9.57. The summed E-state index contributed by atoms with van der Waals surface area (Å²) in [4.78, 5) is 0. The zero-order valence-electron chi connectivity index (χ0n) is 8.93. The fourth-order valence-corrected chi connectivity index (χ4v) is 2.56. The van der Waals surface area contributed by atoms with Crippen LogP contribution in [0.1, 0.15) is 31.7 Å². The van der Waals surface area contributed by atoms with Gasteiger partial charge >= 0.3 is 0 Å². The van der Waals surface area contributed by atoms with Crippen LogP contribution < -0.4 is 5.73 Å². The highest BCUT2D eigenvalue weighted by atomic mass is 35.5. The molecule has 2 unspecified atom stereocenters. The molecule has 82 valence electrons. The van der Waals surface area contributed by atoms with Gasteiger partial charge in [-0.25, -0.2) is 0 Å². The van der Waals surface area contributed by atoms with Crippen molar-refractivity contribution in [3.8, 4) is 0 Å². The van der Waals surface area contributed by atoms with Crippen LogP contribution in [0.25, 0.3) is 0 Å². The highest BCUT2D eigenvalue weighted by molar-refractivity contribution is 6.42. The van der Waals surface area contributed by atoms with Crippen molar-refractivity contribution in [2.75, 3.05) is 0 Å². The Labute approximate surface area is 101 Å². The van der Waals surface area contributed by atoms with Crippen LogP contribution >= 0.6 is 23.2 Å². The van der Waals surface area contributed by atoms with Gasteiger partial charge in [0.05, 0.1) is 10.0 Å². The molecule has 0 amide bonds. The van der Waals surface area contributed by atoms with E-state index in [-0.39, 0.29) is 11.5 Å². The molecule has 0 aromatic heterocycles. The summed E-state index contributed by atoms with van der Waals surface area (Å²) < 4.78 is 0. The lowest BCUT2D eigenvalue weighted by Gasteiger charge is -2.50. The van der Waals surface area contributed by atoms with E-state index in [1.54, 1.807) is 0 Å². The van der Waals surface area contributed by atoms with Gasteiger partial charge in [-0.1, -0.05) is 43.1 Å². The molecule has 1 nitrogen and oxygen atoms in total. The van der Waals surface area contributed by atoms with Crippen molar-refractivity contribution in [2.45, 2.75) is 32.2 Å². The summed E-state index contributed by atoms with van der Waals surface area (Å²) in [7, 11) is 0.